The molecule has 4 aromatic rings. The van der Waals surface area contributed by atoms with Gasteiger partial charge in [0.05, 0.1) is 16.2 Å². The molecule has 3 heterocycles. The van der Waals surface area contributed by atoms with Gasteiger partial charge in [0, 0.05) is 39.0 Å². The highest BCUT2D eigenvalue weighted by molar-refractivity contribution is 6.21. The van der Waals surface area contributed by atoms with E-state index < -0.39 is 17.9 Å². The lowest BCUT2D eigenvalue weighted by atomic mass is 10.1. The molecule has 0 amide bonds. The third-order valence-corrected chi connectivity index (χ3v) is 3.60. The Morgan fingerprint density at radius 2 is 0.852 bits per heavy atom. The van der Waals surface area contributed by atoms with Crippen LogP contribution in [0.15, 0.2) is 31.5 Å². The minimum absolute atomic E-state index is 0.0491. The van der Waals surface area contributed by atoms with E-state index in [1.807, 2.05) is 0 Å². The first-order valence-corrected chi connectivity index (χ1v) is 7.79. The summed E-state index contributed by atoms with van der Waals surface area (Å²) in [6.07, 6.45) is 0. The normalized spacial score (nSPS) is 11.2. The quantitative estimate of drug-likeness (QED) is 0.496. The van der Waals surface area contributed by atoms with E-state index in [1.54, 1.807) is 0 Å². The summed E-state index contributed by atoms with van der Waals surface area (Å²) in [6, 6.07) is 4.41. The Hall–Kier alpha value is -3.75. The first-order chi connectivity index (χ1) is 12.8. The molecule has 4 rings (SSSR count). The van der Waals surface area contributed by atoms with E-state index in [0.29, 0.717) is 32.9 Å². The summed E-state index contributed by atoms with van der Waals surface area (Å²) in [5.41, 5.74) is 0.874. The van der Waals surface area contributed by atoms with E-state index in [-0.39, 0.29) is 17.8 Å². The fourth-order valence-electron chi connectivity index (χ4n) is 2.79. The number of fused-ring (bicyclic) bond motifs is 6. The fraction of sp³-hybridized carbons (Fsp3) is 0.167. The summed E-state index contributed by atoms with van der Waals surface area (Å²) < 4.78 is 31.8. The zero-order valence-corrected chi connectivity index (χ0v) is 14.4. The Bertz CT molecular complexity index is 983. The van der Waals surface area contributed by atoms with Gasteiger partial charge in [-0.2, -0.15) is 0 Å². The highest BCUT2D eigenvalue weighted by Gasteiger charge is 2.23. The van der Waals surface area contributed by atoms with Crippen LogP contribution < -0.4 is 14.2 Å². The summed E-state index contributed by atoms with van der Waals surface area (Å²) in [7, 11) is 0. The van der Waals surface area contributed by atoms with Gasteiger partial charge in [0.1, 0.15) is 0 Å². The number of hydrogen-bond acceptors (Lipinski definition) is 9. The first kappa shape index (κ1) is 16.7. The Morgan fingerprint density at radius 1 is 0.593 bits per heavy atom. The highest BCUT2D eigenvalue weighted by atomic mass is 16.6. The molecule has 9 nitrogen and oxygen atoms in total. The van der Waals surface area contributed by atoms with Crippen molar-refractivity contribution in [1.29, 1.82) is 0 Å². The minimum atomic E-state index is -0.561. The van der Waals surface area contributed by atoms with Gasteiger partial charge >= 0.3 is 17.9 Å². The minimum Gasteiger partial charge on any atom is -0.424 e. The maximum Gasteiger partial charge on any atom is 0.310 e. The zero-order valence-electron chi connectivity index (χ0n) is 14.4. The van der Waals surface area contributed by atoms with E-state index in [4.69, 9.17) is 27.5 Å². The Labute approximate surface area is 150 Å². The summed E-state index contributed by atoms with van der Waals surface area (Å²) in [4.78, 5) is 33.7. The Balaban J connectivity index is 2.04. The van der Waals surface area contributed by atoms with Gasteiger partial charge in [0.15, 0.2) is 16.7 Å². The van der Waals surface area contributed by atoms with Crippen molar-refractivity contribution < 1.29 is 41.8 Å². The van der Waals surface area contributed by atoms with Crippen molar-refractivity contribution in [3.05, 3.63) is 18.2 Å². The van der Waals surface area contributed by atoms with Crippen molar-refractivity contribution in [1.82, 2.24) is 0 Å². The number of hydrogen-bond donors (Lipinski definition) is 0. The molecular formula is C18H12O9. The monoisotopic (exact) mass is 372 g/mol. The van der Waals surface area contributed by atoms with Crippen LogP contribution in [0.5, 0.6) is 17.8 Å². The van der Waals surface area contributed by atoms with Crippen molar-refractivity contribution in [2.45, 2.75) is 20.8 Å². The van der Waals surface area contributed by atoms with E-state index in [2.05, 4.69) is 0 Å². The molecule has 0 aliphatic carbocycles. The fourth-order valence-corrected chi connectivity index (χ4v) is 2.79. The van der Waals surface area contributed by atoms with Crippen LogP contribution in [0.3, 0.4) is 0 Å². The molecule has 0 fully saturated rings. The highest BCUT2D eigenvalue weighted by Crippen LogP contribution is 2.44. The number of benzene rings is 1. The maximum absolute atomic E-state index is 11.2. The van der Waals surface area contributed by atoms with Crippen LogP contribution in [0.2, 0.25) is 0 Å². The Morgan fingerprint density at radius 3 is 1.07 bits per heavy atom. The van der Waals surface area contributed by atoms with Gasteiger partial charge in [-0.1, -0.05) is 0 Å². The van der Waals surface area contributed by atoms with Crippen LogP contribution >= 0.6 is 0 Å². The van der Waals surface area contributed by atoms with Crippen LogP contribution in [0.25, 0.3) is 32.9 Å². The van der Waals surface area contributed by atoms with Gasteiger partial charge in [-0.15, -0.1) is 0 Å². The van der Waals surface area contributed by atoms with Crippen LogP contribution in [0.1, 0.15) is 20.8 Å². The number of ether oxygens (including phenoxy) is 3. The van der Waals surface area contributed by atoms with Crippen molar-refractivity contribution in [2.24, 2.45) is 0 Å². The van der Waals surface area contributed by atoms with Crippen LogP contribution in [0, 0.1) is 0 Å². The standard InChI is InChI=1S/C18H12O9/c1-7(19)22-13-4-10-16(25-13)11-5-14(23-8(2)20)27-18(11)12-6-15(24-9(3)21)26-17(10)12/h4-6H,1-3H3. The average molecular weight is 372 g/mol. The summed E-state index contributed by atoms with van der Waals surface area (Å²) in [5, 5.41) is 1.38. The van der Waals surface area contributed by atoms with Gasteiger partial charge in [-0.3, -0.25) is 14.4 Å². The number of rotatable bonds is 3. The molecule has 0 aliphatic rings. The molecule has 0 unspecified atom stereocenters. The van der Waals surface area contributed by atoms with Crippen molar-refractivity contribution in [3.8, 4) is 17.8 Å². The number of carbonyl (C=O) groups excluding carboxylic acids is 3. The second-order valence-electron chi connectivity index (χ2n) is 5.71. The molecule has 27 heavy (non-hydrogen) atoms. The molecular weight excluding hydrogens is 360 g/mol. The molecule has 0 saturated heterocycles. The predicted octanol–water partition coefficient (Wildman–Crippen LogP) is 3.70. The molecule has 0 spiro atoms. The lowest BCUT2D eigenvalue weighted by Gasteiger charge is -1.94. The third-order valence-electron chi connectivity index (χ3n) is 3.60. The smallest absolute Gasteiger partial charge is 0.310 e. The Kier molecular flexibility index (Phi) is 3.65. The second-order valence-corrected chi connectivity index (χ2v) is 5.71. The van der Waals surface area contributed by atoms with Gasteiger partial charge in [0.2, 0.25) is 0 Å². The van der Waals surface area contributed by atoms with Gasteiger partial charge in [-0.05, 0) is 0 Å². The molecule has 1 aromatic carbocycles. The topological polar surface area (TPSA) is 118 Å². The van der Waals surface area contributed by atoms with Gasteiger partial charge in [-0.25, -0.2) is 0 Å². The maximum atomic E-state index is 11.2. The van der Waals surface area contributed by atoms with Gasteiger partial charge < -0.3 is 27.5 Å². The molecule has 9 heteroatoms. The largest absolute Gasteiger partial charge is 0.424 e. The van der Waals surface area contributed by atoms with Crippen molar-refractivity contribution >= 4 is 50.8 Å². The molecule has 3 aromatic heterocycles. The van der Waals surface area contributed by atoms with E-state index in [0.717, 1.165) is 0 Å². The van der Waals surface area contributed by atoms with E-state index in [9.17, 15) is 14.4 Å². The summed E-state index contributed by atoms with van der Waals surface area (Å²) in [5.74, 6) is -1.83. The van der Waals surface area contributed by atoms with Crippen LogP contribution in [-0.4, -0.2) is 17.9 Å². The van der Waals surface area contributed by atoms with Crippen molar-refractivity contribution in [3.63, 3.8) is 0 Å². The van der Waals surface area contributed by atoms with Gasteiger partial charge in [0.25, 0.3) is 17.8 Å². The van der Waals surface area contributed by atoms with E-state index >= 15 is 0 Å². The molecule has 0 N–H and O–H groups in total. The first-order valence-electron chi connectivity index (χ1n) is 7.79. The molecule has 0 saturated carbocycles. The lowest BCUT2D eigenvalue weighted by Crippen LogP contribution is -1.99. The van der Waals surface area contributed by atoms with E-state index in [1.165, 1.54) is 39.0 Å². The predicted molar refractivity (Wildman–Crippen MR) is 89.7 cm³/mol. The summed E-state index contributed by atoms with van der Waals surface area (Å²) >= 11 is 0. The molecule has 138 valence electrons. The average Bonchev–Trinajstić information content (AvgIpc) is 3.20. The second kappa shape index (κ2) is 5.90. The molecule has 0 atom stereocenters. The third kappa shape index (κ3) is 2.88. The molecule has 0 aliphatic heterocycles. The zero-order chi connectivity index (χ0) is 19.3. The SMILES string of the molecule is CC(=O)Oc1cc2c(o1)c1cc(OC(C)=O)oc1c1cc(OC(C)=O)oc21. The number of furan rings is 3. The number of esters is 3. The van der Waals surface area contributed by atoms with Crippen LogP contribution in [-0.2, 0) is 14.4 Å². The lowest BCUT2D eigenvalue weighted by molar-refractivity contribution is -0.134. The molecule has 0 bridgehead atoms. The number of carbonyl (C=O) groups is 3. The van der Waals surface area contributed by atoms with Crippen LogP contribution in [0.4, 0.5) is 0 Å². The molecule has 0 radical (unpaired) electrons. The van der Waals surface area contributed by atoms with Crippen molar-refractivity contribution in [2.75, 3.05) is 0 Å². The summed E-state index contributed by atoms with van der Waals surface area (Å²) in [6.45, 7) is 3.71.